The van der Waals surface area contributed by atoms with Crippen LogP contribution < -0.4 is 4.72 Å². The molecule has 1 N–H and O–H groups in total. The molecule has 0 bridgehead atoms. The second kappa shape index (κ2) is 7.71. The predicted molar refractivity (Wildman–Crippen MR) is 99.6 cm³/mol. The highest BCUT2D eigenvalue weighted by Gasteiger charge is 2.28. The molecule has 122 valence electrons. The molecule has 3 heteroatoms. The van der Waals surface area contributed by atoms with Gasteiger partial charge in [0, 0.05) is 5.92 Å². The van der Waals surface area contributed by atoms with Gasteiger partial charge in [-0.1, -0.05) is 66.7 Å². The molecular formula is C20H25NOS. The number of nitrogens with one attached hydrogen (secondary N) is 1. The number of hydrogen-bond acceptors (Lipinski definition) is 1. The van der Waals surface area contributed by atoms with Gasteiger partial charge >= 0.3 is 0 Å². The molecule has 0 aliphatic heterocycles. The smallest absolute Gasteiger partial charge is 0.0976 e. The first-order valence-corrected chi connectivity index (χ1v) is 8.99. The number of benzene rings is 2. The van der Waals surface area contributed by atoms with Crippen LogP contribution in [0.15, 0.2) is 73.3 Å². The maximum Gasteiger partial charge on any atom is 0.0976 e. The molecule has 2 aromatic rings. The summed E-state index contributed by atoms with van der Waals surface area (Å²) in [6, 6.07) is 20.3. The molecular weight excluding hydrogens is 302 g/mol. The SMILES string of the molecule is C=C[C@@H](c1ccccc1)[C@H](N[S@](=O)C(C)(C)C)c1ccccc1. The monoisotopic (exact) mass is 327 g/mol. The molecule has 0 heterocycles. The predicted octanol–water partition coefficient (Wildman–Crippen LogP) is 4.75. The molecule has 0 saturated carbocycles. The Balaban J connectivity index is 2.40. The van der Waals surface area contributed by atoms with Gasteiger partial charge in [0.05, 0.1) is 21.8 Å². The van der Waals surface area contributed by atoms with E-state index in [1.54, 1.807) is 0 Å². The lowest BCUT2D eigenvalue weighted by atomic mass is 9.88. The summed E-state index contributed by atoms with van der Waals surface area (Å²) in [5.74, 6) is 0.0462. The Labute approximate surface area is 142 Å². The standard InChI is InChI=1S/C20H25NOS/c1-5-18(16-12-8-6-9-13-16)19(17-14-10-7-11-15-17)21-23(22)20(2,3)4/h5-15,18-19,21H,1H2,2-4H3/t18-,19+,23+/m0/s1. The molecule has 0 radical (unpaired) electrons. The van der Waals surface area contributed by atoms with Crippen molar-refractivity contribution in [2.75, 3.05) is 0 Å². The molecule has 0 aromatic heterocycles. The van der Waals surface area contributed by atoms with E-state index in [4.69, 9.17) is 0 Å². The van der Waals surface area contributed by atoms with E-state index in [0.717, 1.165) is 11.1 Å². The summed E-state index contributed by atoms with van der Waals surface area (Å²) >= 11 is 0. The molecule has 2 nitrogen and oxygen atoms in total. The van der Waals surface area contributed by atoms with Crippen LogP contribution in [-0.4, -0.2) is 8.96 Å². The zero-order valence-electron chi connectivity index (χ0n) is 14.0. The molecule has 2 aromatic carbocycles. The van der Waals surface area contributed by atoms with Crippen molar-refractivity contribution in [2.24, 2.45) is 0 Å². The topological polar surface area (TPSA) is 29.1 Å². The van der Waals surface area contributed by atoms with Gasteiger partial charge in [-0.15, -0.1) is 6.58 Å². The van der Waals surface area contributed by atoms with Crippen LogP contribution in [0.25, 0.3) is 0 Å². The average Bonchev–Trinajstić information content (AvgIpc) is 2.55. The van der Waals surface area contributed by atoms with Crippen LogP contribution in [0, 0.1) is 0 Å². The second-order valence-electron chi connectivity index (χ2n) is 6.56. The van der Waals surface area contributed by atoms with Gasteiger partial charge in [-0.3, -0.25) is 0 Å². The third-order valence-electron chi connectivity index (χ3n) is 3.75. The van der Waals surface area contributed by atoms with Crippen molar-refractivity contribution in [3.05, 3.63) is 84.4 Å². The Morgan fingerprint density at radius 1 is 0.957 bits per heavy atom. The van der Waals surface area contributed by atoms with Crippen LogP contribution >= 0.6 is 0 Å². The maximum absolute atomic E-state index is 12.7. The maximum atomic E-state index is 12.7. The molecule has 0 aliphatic rings. The largest absolute Gasteiger partial charge is 0.242 e. The lowest BCUT2D eigenvalue weighted by Crippen LogP contribution is -2.37. The normalized spacial score (nSPS) is 15.6. The Bertz CT molecular complexity index is 646. The highest BCUT2D eigenvalue weighted by molar-refractivity contribution is 7.84. The van der Waals surface area contributed by atoms with Crippen molar-refractivity contribution in [1.29, 1.82) is 0 Å². The van der Waals surface area contributed by atoms with Crippen molar-refractivity contribution < 1.29 is 4.21 Å². The second-order valence-corrected chi connectivity index (χ2v) is 8.56. The van der Waals surface area contributed by atoms with Gasteiger partial charge in [0.15, 0.2) is 0 Å². The summed E-state index contributed by atoms with van der Waals surface area (Å²) in [6.45, 7) is 9.94. The van der Waals surface area contributed by atoms with Crippen LogP contribution in [0.4, 0.5) is 0 Å². The summed E-state index contributed by atoms with van der Waals surface area (Å²) in [5, 5.41) is 0. The molecule has 0 saturated heterocycles. The van der Waals surface area contributed by atoms with Crippen LogP contribution in [0.3, 0.4) is 0 Å². The van der Waals surface area contributed by atoms with Crippen molar-refractivity contribution >= 4 is 11.0 Å². The Kier molecular flexibility index (Phi) is 5.91. The van der Waals surface area contributed by atoms with E-state index in [1.807, 2.05) is 63.2 Å². The summed E-state index contributed by atoms with van der Waals surface area (Å²) < 4.78 is 15.7. The van der Waals surface area contributed by atoms with E-state index in [1.165, 1.54) is 0 Å². The molecule has 0 spiro atoms. The third kappa shape index (κ3) is 4.63. The highest BCUT2D eigenvalue weighted by atomic mass is 32.2. The minimum Gasteiger partial charge on any atom is -0.242 e. The molecule has 0 aliphatic carbocycles. The van der Waals surface area contributed by atoms with E-state index in [9.17, 15) is 4.21 Å². The van der Waals surface area contributed by atoms with Crippen LogP contribution in [0.5, 0.6) is 0 Å². The number of hydrogen-bond donors (Lipinski definition) is 1. The number of rotatable bonds is 6. The van der Waals surface area contributed by atoms with Crippen molar-refractivity contribution in [3.8, 4) is 0 Å². The summed E-state index contributed by atoms with van der Waals surface area (Å²) in [5.41, 5.74) is 2.27. The van der Waals surface area contributed by atoms with Crippen LogP contribution in [-0.2, 0) is 11.0 Å². The fraction of sp³-hybridized carbons (Fsp3) is 0.300. The first kappa shape index (κ1) is 17.6. The summed E-state index contributed by atoms with van der Waals surface area (Å²) in [7, 11) is -1.16. The third-order valence-corrected chi connectivity index (χ3v) is 5.33. The average molecular weight is 327 g/mol. The summed E-state index contributed by atoms with van der Waals surface area (Å²) in [4.78, 5) is 0. The van der Waals surface area contributed by atoms with Gasteiger partial charge in [0.1, 0.15) is 0 Å². The fourth-order valence-electron chi connectivity index (χ4n) is 2.44. The van der Waals surface area contributed by atoms with E-state index in [0.29, 0.717) is 0 Å². The van der Waals surface area contributed by atoms with Gasteiger partial charge in [0.2, 0.25) is 0 Å². The molecule has 0 fully saturated rings. The van der Waals surface area contributed by atoms with Crippen molar-refractivity contribution in [3.63, 3.8) is 0 Å². The van der Waals surface area contributed by atoms with Gasteiger partial charge < -0.3 is 0 Å². The minimum absolute atomic E-state index is 0.0462. The first-order chi connectivity index (χ1) is 10.9. The van der Waals surface area contributed by atoms with Gasteiger partial charge in [-0.2, -0.15) is 0 Å². The fourth-order valence-corrected chi connectivity index (χ4v) is 3.31. The van der Waals surface area contributed by atoms with E-state index in [-0.39, 0.29) is 16.7 Å². The summed E-state index contributed by atoms with van der Waals surface area (Å²) in [6.07, 6.45) is 1.93. The zero-order valence-corrected chi connectivity index (χ0v) is 14.8. The molecule has 23 heavy (non-hydrogen) atoms. The van der Waals surface area contributed by atoms with Crippen molar-refractivity contribution in [2.45, 2.75) is 37.5 Å². The quantitative estimate of drug-likeness (QED) is 0.762. The lowest BCUT2D eigenvalue weighted by Gasteiger charge is -2.29. The zero-order chi connectivity index (χ0) is 16.9. The van der Waals surface area contributed by atoms with E-state index < -0.39 is 11.0 Å². The van der Waals surface area contributed by atoms with Crippen molar-refractivity contribution in [1.82, 2.24) is 4.72 Å². The van der Waals surface area contributed by atoms with E-state index in [2.05, 4.69) is 35.6 Å². The molecule has 3 atom stereocenters. The highest BCUT2D eigenvalue weighted by Crippen LogP contribution is 2.33. The Hall–Kier alpha value is -1.71. The van der Waals surface area contributed by atoms with Gasteiger partial charge in [-0.25, -0.2) is 8.93 Å². The van der Waals surface area contributed by atoms with Crippen LogP contribution in [0.1, 0.15) is 43.9 Å². The first-order valence-electron chi connectivity index (χ1n) is 7.84. The molecule has 0 amide bonds. The molecule has 0 unspecified atom stereocenters. The Morgan fingerprint density at radius 3 is 1.87 bits per heavy atom. The Morgan fingerprint density at radius 2 is 1.43 bits per heavy atom. The van der Waals surface area contributed by atoms with Crippen LogP contribution in [0.2, 0.25) is 0 Å². The van der Waals surface area contributed by atoms with Gasteiger partial charge in [0.25, 0.3) is 0 Å². The minimum atomic E-state index is -1.16. The van der Waals surface area contributed by atoms with E-state index >= 15 is 0 Å². The lowest BCUT2D eigenvalue weighted by molar-refractivity contribution is 0.566. The molecule has 2 rings (SSSR count). The van der Waals surface area contributed by atoms with Gasteiger partial charge in [-0.05, 0) is 31.9 Å².